The van der Waals surface area contributed by atoms with Crippen LogP contribution in [0, 0.1) is 5.82 Å². The average molecular weight is 334 g/mol. The van der Waals surface area contributed by atoms with Crippen molar-refractivity contribution in [2.24, 2.45) is 0 Å². The van der Waals surface area contributed by atoms with E-state index in [0.29, 0.717) is 10.9 Å². The van der Waals surface area contributed by atoms with Crippen LogP contribution < -0.4 is 5.73 Å². The molecule has 2 aromatic rings. The number of nitrogens with two attached hydrogens (primary N) is 1. The summed E-state index contributed by atoms with van der Waals surface area (Å²) in [6.45, 7) is 1.36. The molecule has 0 fully saturated rings. The summed E-state index contributed by atoms with van der Waals surface area (Å²) in [6, 6.07) is 1.81. The minimum absolute atomic E-state index is 0. The second kappa shape index (κ2) is 6.63. The number of alkyl halides is 3. The Morgan fingerprint density at radius 1 is 1.39 bits per heavy atom. The smallest absolute Gasteiger partial charge is 0.434 e. The van der Waals surface area contributed by atoms with E-state index in [0.717, 1.165) is 12.1 Å². The van der Waals surface area contributed by atoms with Gasteiger partial charge in [-0.2, -0.15) is 18.3 Å². The number of hydrogen-bond donors (Lipinski definition) is 1. The van der Waals surface area contributed by atoms with Crippen molar-refractivity contribution in [3.8, 4) is 5.82 Å². The molecule has 2 N–H and O–H groups in total. The van der Waals surface area contributed by atoms with E-state index in [1.165, 1.54) is 6.92 Å². The van der Waals surface area contributed by atoms with E-state index in [1.54, 1.807) is 0 Å². The zero-order valence-electron chi connectivity index (χ0n) is 11.2. The number of anilines is 1. The molecule has 2 aromatic heterocycles. The zero-order chi connectivity index (χ0) is 16.5. The van der Waals surface area contributed by atoms with Gasteiger partial charge >= 0.3 is 12.1 Å². The highest BCUT2D eigenvalue weighted by Crippen LogP contribution is 2.33. The summed E-state index contributed by atoms with van der Waals surface area (Å²) in [4.78, 5) is 15.1. The van der Waals surface area contributed by atoms with Gasteiger partial charge in [0, 0.05) is 0 Å². The highest BCUT2D eigenvalue weighted by atomic mass is 19.4. The first-order chi connectivity index (χ1) is 10.3. The van der Waals surface area contributed by atoms with Crippen molar-refractivity contribution >= 4 is 11.8 Å². The van der Waals surface area contributed by atoms with E-state index < -0.39 is 35.0 Å². The molecule has 0 saturated carbocycles. The third kappa shape index (κ3) is 3.58. The van der Waals surface area contributed by atoms with E-state index in [-0.39, 0.29) is 19.9 Å². The molecule has 0 aromatic carbocycles. The Morgan fingerprint density at radius 2 is 2.04 bits per heavy atom. The number of nitrogens with zero attached hydrogens (tertiary/aromatic N) is 3. The molecule has 2 rings (SSSR count). The summed E-state index contributed by atoms with van der Waals surface area (Å²) in [5, 5.41) is 3.48. The monoisotopic (exact) mass is 334 g/mol. The lowest BCUT2D eigenvalue weighted by Gasteiger charge is -2.12. The molecule has 0 aliphatic carbocycles. The molecule has 0 unspecified atom stereocenters. The molecular formula is C13H14F4N4O2. The average Bonchev–Trinajstić information content (AvgIpc) is 2.87. The van der Waals surface area contributed by atoms with Gasteiger partial charge in [-0.3, -0.25) is 0 Å². The first-order valence-corrected chi connectivity index (χ1v) is 6.00. The van der Waals surface area contributed by atoms with Crippen molar-refractivity contribution in [1.29, 1.82) is 0 Å². The van der Waals surface area contributed by atoms with Crippen LogP contribution in [0.1, 0.15) is 30.4 Å². The van der Waals surface area contributed by atoms with Gasteiger partial charge in [-0.1, -0.05) is 7.43 Å². The summed E-state index contributed by atoms with van der Waals surface area (Å²) in [5.74, 6) is -3.01. The Kier molecular flexibility index (Phi) is 5.30. The summed E-state index contributed by atoms with van der Waals surface area (Å²) in [5.41, 5.74) is 3.10. The van der Waals surface area contributed by atoms with Crippen molar-refractivity contribution in [2.45, 2.75) is 20.5 Å². The molecule has 6 nitrogen and oxygen atoms in total. The van der Waals surface area contributed by atoms with Gasteiger partial charge in [0.1, 0.15) is 5.56 Å². The van der Waals surface area contributed by atoms with E-state index in [4.69, 9.17) is 5.73 Å². The van der Waals surface area contributed by atoms with Crippen molar-refractivity contribution in [3.05, 3.63) is 35.4 Å². The highest BCUT2D eigenvalue weighted by molar-refractivity contribution is 5.90. The van der Waals surface area contributed by atoms with Crippen LogP contribution in [0.3, 0.4) is 0 Å². The minimum Gasteiger partial charge on any atom is -0.462 e. The number of pyridine rings is 1. The lowest BCUT2D eigenvalue weighted by atomic mass is 10.2. The molecule has 0 amide bonds. The predicted octanol–water partition coefficient (Wildman–Crippen LogP) is 2.82. The summed E-state index contributed by atoms with van der Waals surface area (Å²) in [7, 11) is 0. The maximum Gasteiger partial charge on any atom is 0.434 e. The number of hydrogen-bond acceptors (Lipinski definition) is 5. The third-order valence-electron chi connectivity index (χ3n) is 2.61. The van der Waals surface area contributed by atoms with Crippen LogP contribution in [0.2, 0.25) is 0 Å². The highest BCUT2D eigenvalue weighted by Gasteiger charge is 2.41. The van der Waals surface area contributed by atoms with Crippen LogP contribution in [0.4, 0.5) is 23.4 Å². The van der Waals surface area contributed by atoms with Crippen LogP contribution in [0.5, 0.6) is 0 Å². The number of carbonyl (C=O) groups is 1. The van der Waals surface area contributed by atoms with Crippen molar-refractivity contribution in [2.75, 3.05) is 12.3 Å². The lowest BCUT2D eigenvalue weighted by molar-refractivity contribution is -0.143. The molecule has 0 bridgehead atoms. The fourth-order valence-electron chi connectivity index (χ4n) is 1.72. The van der Waals surface area contributed by atoms with Crippen LogP contribution in [0.25, 0.3) is 5.82 Å². The molecule has 10 heteroatoms. The first kappa shape index (κ1) is 18.4. The number of carbonyl (C=O) groups excluding carboxylic acids is 1. The molecule has 0 aliphatic heterocycles. The Bertz CT molecular complexity index is 712. The van der Waals surface area contributed by atoms with Gasteiger partial charge in [0.05, 0.1) is 12.8 Å². The second-order valence-corrected chi connectivity index (χ2v) is 4.07. The summed E-state index contributed by atoms with van der Waals surface area (Å²) >= 11 is 0. The Morgan fingerprint density at radius 3 is 2.57 bits per heavy atom. The molecule has 0 saturated heterocycles. The zero-order valence-corrected chi connectivity index (χ0v) is 11.2. The van der Waals surface area contributed by atoms with Crippen molar-refractivity contribution < 1.29 is 27.1 Å². The first-order valence-electron chi connectivity index (χ1n) is 6.00. The number of esters is 1. The van der Waals surface area contributed by atoms with Gasteiger partial charge in [0.2, 0.25) is 0 Å². The topological polar surface area (TPSA) is 83.0 Å². The Balaban J connectivity index is 0.00000264. The van der Waals surface area contributed by atoms with E-state index in [9.17, 15) is 22.4 Å². The largest absolute Gasteiger partial charge is 0.462 e. The Hall–Kier alpha value is -2.65. The SMILES string of the molecule is C.CCOC(=O)c1cnn(-c2ccc(F)c(N)n2)c1C(F)(F)F. The fourth-order valence-corrected chi connectivity index (χ4v) is 1.72. The number of ether oxygens (including phenoxy) is 1. The van der Waals surface area contributed by atoms with Gasteiger partial charge in [0.25, 0.3) is 0 Å². The minimum atomic E-state index is -4.90. The second-order valence-electron chi connectivity index (χ2n) is 4.07. The van der Waals surface area contributed by atoms with Crippen molar-refractivity contribution in [3.63, 3.8) is 0 Å². The van der Waals surface area contributed by atoms with Crippen LogP contribution in [-0.4, -0.2) is 27.3 Å². The summed E-state index contributed by atoms with van der Waals surface area (Å²) in [6.07, 6.45) is -4.19. The molecule has 23 heavy (non-hydrogen) atoms. The maximum atomic E-state index is 13.2. The normalized spacial score (nSPS) is 11.0. The number of aromatic nitrogens is 3. The summed E-state index contributed by atoms with van der Waals surface area (Å²) < 4.78 is 57.6. The number of rotatable bonds is 3. The number of halogens is 4. The predicted molar refractivity (Wildman–Crippen MR) is 73.4 cm³/mol. The quantitative estimate of drug-likeness (QED) is 0.689. The molecular weight excluding hydrogens is 320 g/mol. The number of nitrogen functional groups attached to an aromatic ring is 1. The molecule has 0 atom stereocenters. The fraction of sp³-hybridized carbons (Fsp3) is 0.308. The molecule has 0 spiro atoms. The standard InChI is InChI=1S/C12H10F4N4O2.CH4/c1-2-22-11(21)6-5-18-20(9(6)12(14,15)16)8-4-3-7(13)10(17)19-8;/h3-5H,2H2,1H3,(H2,17,19);1H4. The van der Waals surface area contributed by atoms with Crippen LogP contribution in [0.15, 0.2) is 18.3 Å². The van der Waals surface area contributed by atoms with Gasteiger partial charge in [-0.05, 0) is 19.1 Å². The van der Waals surface area contributed by atoms with E-state index in [2.05, 4.69) is 14.8 Å². The van der Waals surface area contributed by atoms with E-state index in [1.807, 2.05) is 0 Å². The van der Waals surface area contributed by atoms with Crippen molar-refractivity contribution in [1.82, 2.24) is 14.8 Å². The van der Waals surface area contributed by atoms with E-state index >= 15 is 0 Å². The molecule has 0 aliphatic rings. The maximum absolute atomic E-state index is 13.2. The Labute approximate surface area is 128 Å². The molecule has 2 heterocycles. The van der Waals surface area contributed by atoms with Gasteiger partial charge in [-0.15, -0.1) is 0 Å². The van der Waals surface area contributed by atoms with Crippen LogP contribution >= 0.6 is 0 Å². The van der Waals surface area contributed by atoms with Gasteiger partial charge in [0.15, 0.2) is 23.1 Å². The molecule has 0 radical (unpaired) electrons. The van der Waals surface area contributed by atoms with Gasteiger partial charge in [-0.25, -0.2) is 18.9 Å². The third-order valence-corrected chi connectivity index (χ3v) is 2.61. The molecule has 126 valence electrons. The lowest BCUT2D eigenvalue weighted by Crippen LogP contribution is -2.19. The van der Waals surface area contributed by atoms with Gasteiger partial charge < -0.3 is 10.5 Å². The van der Waals surface area contributed by atoms with Crippen LogP contribution in [-0.2, 0) is 10.9 Å².